The Kier molecular flexibility index (Phi) is 6.23. The molecule has 134 valence electrons. The van der Waals surface area contributed by atoms with E-state index in [1.54, 1.807) is 0 Å². The average molecular weight is 445 g/mol. The van der Waals surface area contributed by atoms with E-state index in [1.165, 1.54) is 12.3 Å². The molecule has 25 heavy (non-hydrogen) atoms. The summed E-state index contributed by atoms with van der Waals surface area (Å²) in [4.78, 5) is 0. The summed E-state index contributed by atoms with van der Waals surface area (Å²) < 4.78 is 20.3. The van der Waals surface area contributed by atoms with Gasteiger partial charge in [-0.15, -0.1) is 0 Å². The summed E-state index contributed by atoms with van der Waals surface area (Å²) in [6, 6.07) is 10.7. The van der Waals surface area contributed by atoms with E-state index in [-0.39, 0.29) is 9.77 Å². The second-order valence-electron chi connectivity index (χ2n) is 6.81. The van der Waals surface area contributed by atoms with Crippen LogP contribution in [0, 0.1) is 11.2 Å². The maximum atomic E-state index is 13.7. The standard InChI is InChI=1S/C15H10BrClFNO.C4H10S/c16-13-10-7-15(8-19,9-4-2-1-3-5-9)20-12(10)6-11(18)14(13)17;1-4(2,3)5/h1-6,8,19H,7H2;5H,1-3H3. The van der Waals surface area contributed by atoms with Crippen molar-refractivity contribution in [2.75, 3.05) is 0 Å². The van der Waals surface area contributed by atoms with E-state index < -0.39 is 11.4 Å². The van der Waals surface area contributed by atoms with Gasteiger partial charge < -0.3 is 10.1 Å². The molecule has 0 saturated carbocycles. The van der Waals surface area contributed by atoms with Gasteiger partial charge in [0.15, 0.2) is 5.60 Å². The number of benzene rings is 2. The Morgan fingerprint density at radius 1 is 1.32 bits per heavy atom. The molecular weight excluding hydrogens is 425 g/mol. The Labute approximate surface area is 166 Å². The van der Waals surface area contributed by atoms with Gasteiger partial charge in [-0.3, -0.25) is 0 Å². The van der Waals surface area contributed by atoms with Crippen LogP contribution in [0.25, 0.3) is 0 Å². The Morgan fingerprint density at radius 3 is 2.40 bits per heavy atom. The van der Waals surface area contributed by atoms with Crippen molar-refractivity contribution in [3.05, 3.63) is 62.8 Å². The van der Waals surface area contributed by atoms with Gasteiger partial charge in [-0.1, -0.05) is 62.7 Å². The first-order chi connectivity index (χ1) is 11.6. The van der Waals surface area contributed by atoms with Crippen molar-refractivity contribution in [1.29, 1.82) is 5.41 Å². The monoisotopic (exact) mass is 443 g/mol. The summed E-state index contributed by atoms with van der Waals surface area (Å²) >= 11 is 13.3. The van der Waals surface area contributed by atoms with Gasteiger partial charge in [-0.25, -0.2) is 4.39 Å². The van der Waals surface area contributed by atoms with Crippen LogP contribution >= 0.6 is 40.2 Å². The van der Waals surface area contributed by atoms with Crippen molar-refractivity contribution in [3.63, 3.8) is 0 Å². The van der Waals surface area contributed by atoms with Crippen LogP contribution in [0.1, 0.15) is 31.9 Å². The summed E-state index contributed by atoms with van der Waals surface area (Å²) in [6.07, 6.45) is 1.69. The molecule has 1 aliphatic rings. The highest BCUT2D eigenvalue weighted by Crippen LogP contribution is 2.46. The van der Waals surface area contributed by atoms with Crippen molar-refractivity contribution >= 4 is 46.4 Å². The van der Waals surface area contributed by atoms with Gasteiger partial charge in [0, 0.05) is 39.0 Å². The summed E-state index contributed by atoms with van der Waals surface area (Å²) in [7, 11) is 0. The highest BCUT2D eigenvalue weighted by atomic mass is 79.9. The normalized spacial score (nSPS) is 18.7. The summed E-state index contributed by atoms with van der Waals surface area (Å²) in [5.41, 5.74) is 0.738. The van der Waals surface area contributed by atoms with Gasteiger partial charge >= 0.3 is 0 Å². The molecule has 1 atom stereocenters. The Bertz CT molecular complexity index is 773. The molecule has 0 fully saturated rings. The molecule has 2 aromatic carbocycles. The van der Waals surface area contributed by atoms with Crippen LogP contribution in [0.4, 0.5) is 4.39 Å². The number of fused-ring (bicyclic) bond motifs is 1. The molecule has 1 N–H and O–H groups in total. The zero-order valence-corrected chi connectivity index (χ0v) is 17.5. The van der Waals surface area contributed by atoms with Gasteiger partial charge in [0.2, 0.25) is 0 Å². The van der Waals surface area contributed by atoms with E-state index in [2.05, 4.69) is 49.3 Å². The van der Waals surface area contributed by atoms with E-state index in [0.717, 1.165) is 11.1 Å². The minimum absolute atomic E-state index is 0.0428. The molecular formula is C19H20BrClFNOS. The van der Waals surface area contributed by atoms with Crippen molar-refractivity contribution in [1.82, 2.24) is 0 Å². The lowest BCUT2D eigenvalue weighted by molar-refractivity contribution is 0.176. The number of halogens is 3. The fraction of sp³-hybridized carbons (Fsp3) is 0.316. The first-order valence-electron chi connectivity index (χ1n) is 7.72. The molecule has 0 radical (unpaired) electrons. The van der Waals surface area contributed by atoms with Crippen molar-refractivity contribution in [2.45, 2.75) is 37.5 Å². The van der Waals surface area contributed by atoms with E-state index in [1.807, 2.05) is 30.3 Å². The largest absolute Gasteiger partial charge is 0.476 e. The lowest BCUT2D eigenvalue weighted by Gasteiger charge is -2.24. The molecule has 2 nitrogen and oxygen atoms in total. The maximum Gasteiger partial charge on any atom is 0.172 e. The van der Waals surface area contributed by atoms with Gasteiger partial charge in [0.1, 0.15) is 11.6 Å². The van der Waals surface area contributed by atoms with Crippen LogP contribution in [0.5, 0.6) is 5.75 Å². The van der Waals surface area contributed by atoms with Crippen molar-refractivity contribution in [3.8, 4) is 5.75 Å². The lowest BCUT2D eigenvalue weighted by atomic mass is 9.90. The maximum absolute atomic E-state index is 13.7. The minimum atomic E-state index is -0.900. The number of rotatable bonds is 2. The molecule has 2 aromatic rings. The highest BCUT2D eigenvalue weighted by Gasteiger charge is 2.41. The number of nitrogens with one attached hydrogen (secondary N) is 1. The second kappa shape index (κ2) is 7.68. The number of ether oxygens (including phenoxy) is 1. The smallest absolute Gasteiger partial charge is 0.172 e. The number of hydrogen-bond acceptors (Lipinski definition) is 3. The van der Waals surface area contributed by atoms with Crippen LogP contribution in [-0.4, -0.2) is 11.0 Å². The third-order valence-electron chi connectivity index (χ3n) is 3.45. The van der Waals surface area contributed by atoms with Gasteiger partial charge in [-0.2, -0.15) is 12.6 Å². The molecule has 1 aliphatic heterocycles. The molecule has 0 saturated heterocycles. The molecule has 1 heterocycles. The Hall–Kier alpha value is -1.04. The van der Waals surface area contributed by atoms with Gasteiger partial charge in [0.25, 0.3) is 0 Å². The van der Waals surface area contributed by atoms with E-state index in [9.17, 15) is 4.39 Å². The fourth-order valence-electron chi connectivity index (χ4n) is 2.41. The molecule has 3 rings (SSSR count). The van der Waals surface area contributed by atoms with Gasteiger partial charge in [-0.05, 0) is 15.9 Å². The molecule has 0 amide bonds. The highest BCUT2D eigenvalue weighted by molar-refractivity contribution is 9.10. The van der Waals surface area contributed by atoms with E-state index >= 15 is 0 Å². The van der Waals surface area contributed by atoms with Gasteiger partial charge in [0.05, 0.1) is 5.02 Å². The summed E-state index contributed by atoms with van der Waals surface area (Å²) in [5.74, 6) is -0.114. The fourth-order valence-corrected chi connectivity index (χ4v) is 3.10. The molecule has 0 bridgehead atoms. The van der Waals surface area contributed by atoms with E-state index in [0.29, 0.717) is 16.6 Å². The van der Waals surface area contributed by atoms with Crippen LogP contribution < -0.4 is 4.74 Å². The first-order valence-corrected chi connectivity index (χ1v) is 9.34. The second-order valence-corrected chi connectivity index (χ2v) is 9.33. The molecule has 1 unspecified atom stereocenters. The van der Waals surface area contributed by atoms with Crippen molar-refractivity contribution in [2.24, 2.45) is 0 Å². The van der Waals surface area contributed by atoms with Crippen LogP contribution in [0.15, 0.2) is 40.9 Å². The number of thiol groups is 1. The Morgan fingerprint density at radius 2 is 1.88 bits per heavy atom. The Balaban J connectivity index is 0.000000399. The third-order valence-corrected chi connectivity index (χ3v) is 4.92. The predicted octanol–water partition coefficient (Wildman–Crippen LogP) is 6.44. The quantitative estimate of drug-likeness (QED) is 0.312. The van der Waals surface area contributed by atoms with Crippen LogP contribution in [-0.2, 0) is 12.0 Å². The van der Waals surface area contributed by atoms with E-state index in [4.69, 9.17) is 21.7 Å². The predicted molar refractivity (Wildman–Crippen MR) is 109 cm³/mol. The molecule has 0 aliphatic carbocycles. The minimum Gasteiger partial charge on any atom is -0.476 e. The van der Waals surface area contributed by atoms with Crippen LogP contribution in [0.3, 0.4) is 0 Å². The number of hydrogen-bond donors (Lipinski definition) is 2. The SMILES string of the molecule is CC(C)(C)S.N=CC1(c2ccccc2)Cc2c(cc(F)c(Cl)c2Br)O1. The average Bonchev–Trinajstić information content (AvgIpc) is 2.92. The lowest BCUT2D eigenvalue weighted by Crippen LogP contribution is -2.32. The molecule has 6 heteroatoms. The summed E-state index contributed by atoms with van der Waals surface area (Å²) in [5, 5.41) is 7.79. The third kappa shape index (κ3) is 4.78. The summed E-state index contributed by atoms with van der Waals surface area (Å²) in [6.45, 7) is 6.16. The topological polar surface area (TPSA) is 33.1 Å². The molecule has 0 aromatic heterocycles. The zero-order valence-electron chi connectivity index (χ0n) is 14.2. The first kappa shape index (κ1) is 20.3. The molecule has 0 spiro atoms. The van der Waals surface area contributed by atoms with Crippen molar-refractivity contribution < 1.29 is 9.13 Å². The van der Waals surface area contributed by atoms with Crippen LogP contribution in [0.2, 0.25) is 5.02 Å². The zero-order chi connectivity index (χ0) is 18.8.